The Morgan fingerprint density at radius 2 is 1.94 bits per heavy atom. The average Bonchev–Trinajstić information content (AvgIpc) is 3.27. The van der Waals surface area contributed by atoms with Crippen LogP contribution in [0.25, 0.3) is 0 Å². The Morgan fingerprint density at radius 1 is 1.06 bits per heavy atom. The summed E-state index contributed by atoms with van der Waals surface area (Å²) in [5, 5.41) is 7.22. The van der Waals surface area contributed by atoms with Gasteiger partial charge in [-0.1, -0.05) is 19.8 Å². The maximum Gasteiger partial charge on any atom is 0.222 e. The Bertz CT molecular complexity index is 548. The van der Waals surface area contributed by atoms with E-state index < -0.39 is 0 Å². The molecule has 0 bridgehead atoms. The van der Waals surface area contributed by atoms with Gasteiger partial charge in [-0.2, -0.15) is 5.48 Å². The molecule has 7 nitrogen and oxygen atoms in total. The molecule has 0 aromatic carbocycles. The molecule has 4 heterocycles. The first-order valence-electron chi connectivity index (χ1n) is 13.1. The first kappa shape index (κ1) is 23.4. The summed E-state index contributed by atoms with van der Waals surface area (Å²) >= 11 is 0. The van der Waals surface area contributed by atoms with E-state index >= 15 is 0 Å². The summed E-state index contributed by atoms with van der Waals surface area (Å²) in [7, 11) is 0. The third kappa shape index (κ3) is 6.64. The van der Waals surface area contributed by atoms with Crippen molar-refractivity contribution in [1.29, 1.82) is 0 Å². The van der Waals surface area contributed by atoms with Gasteiger partial charge in [0.05, 0.1) is 12.3 Å². The average molecular weight is 436 g/mol. The molecular formula is C24H45N5O2. The fourth-order valence-corrected chi connectivity index (χ4v) is 6.03. The number of carbonyl (C=O) groups is 1. The highest BCUT2D eigenvalue weighted by Crippen LogP contribution is 2.30. The van der Waals surface area contributed by atoms with Crippen LogP contribution in [0.2, 0.25) is 0 Å². The summed E-state index contributed by atoms with van der Waals surface area (Å²) in [5.41, 5.74) is 3.30. The van der Waals surface area contributed by atoms with Crippen LogP contribution < -0.4 is 16.1 Å². The maximum atomic E-state index is 13.1. The molecule has 0 aliphatic carbocycles. The predicted molar refractivity (Wildman–Crippen MR) is 123 cm³/mol. The lowest BCUT2D eigenvalue weighted by Gasteiger charge is -2.42. The Kier molecular flexibility index (Phi) is 9.02. The van der Waals surface area contributed by atoms with E-state index in [1.54, 1.807) is 0 Å². The highest BCUT2D eigenvalue weighted by molar-refractivity contribution is 5.76. The number of piperidine rings is 2. The molecule has 3 N–H and O–H groups in total. The van der Waals surface area contributed by atoms with Crippen LogP contribution in [-0.4, -0.2) is 79.8 Å². The van der Waals surface area contributed by atoms with Crippen LogP contribution in [0.15, 0.2) is 0 Å². The van der Waals surface area contributed by atoms with Gasteiger partial charge in [0.25, 0.3) is 0 Å². The zero-order chi connectivity index (χ0) is 21.5. The van der Waals surface area contributed by atoms with Crippen LogP contribution in [0.4, 0.5) is 0 Å². The van der Waals surface area contributed by atoms with Gasteiger partial charge in [-0.15, -0.1) is 0 Å². The number of carbonyl (C=O) groups excluding carboxylic acids is 1. The second kappa shape index (κ2) is 11.9. The monoisotopic (exact) mass is 435 g/mol. The predicted octanol–water partition coefficient (Wildman–Crippen LogP) is 2.09. The van der Waals surface area contributed by atoms with Gasteiger partial charge < -0.3 is 15.5 Å². The molecule has 4 fully saturated rings. The SMILES string of the molecule is CCCCC1CC(CC2CNCCC2CC(=O)N2CCN(C3CCCCN3)CC2)NO1. The van der Waals surface area contributed by atoms with Crippen LogP contribution >= 0.6 is 0 Å². The molecule has 0 aromatic rings. The van der Waals surface area contributed by atoms with Crippen molar-refractivity contribution in [1.82, 2.24) is 25.9 Å². The first-order valence-corrected chi connectivity index (χ1v) is 13.1. The number of nitrogens with one attached hydrogen (secondary N) is 3. The van der Waals surface area contributed by atoms with Crippen molar-refractivity contribution >= 4 is 5.91 Å². The molecule has 5 atom stereocenters. The van der Waals surface area contributed by atoms with Gasteiger partial charge in [0.15, 0.2) is 0 Å². The highest BCUT2D eigenvalue weighted by atomic mass is 16.7. The van der Waals surface area contributed by atoms with Crippen LogP contribution in [0.1, 0.15) is 71.1 Å². The van der Waals surface area contributed by atoms with Gasteiger partial charge >= 0.3 is 0 Å². The van der Waals surface area contributed by atoms with E-state index in [1.165, 1.54) is 32.1 Å². The Labute approximate surface area is 189 Å². The van der Waals surface area contributed by atoms with Crippen LogP contribution in [0, 0.1) is 11.8 Å². The molecule has 4 aliphatic rings. The summed E-state index contributed by atoms with van der Waals surface area (Å²) in [6.45, 7) is 9.28. The first-order chi connectivity index (χ1) is 15.2. The minimum atomic E-state index is 0.372. The summed E-state index contributed by atoms with van der Waals surface area (Å²) in [6, 6.07) is 0.441. The number of piperazine rings is 1. The van der Waals surface area contributed by atoms with Gasteiger partial charge in [0.1, 0.15) is 0 Å². The highest BCUT2D eigenvalue weighted by Gasteiger charge is 2.34. The minimum absolute atomic E-state index is 0.372. The molecule has 31 heavy (non-hydrogen) atoms. The second-order valence-corrected chi connectivity index (χ2v) is 10.3. The smallest absolute Gasteiger partial charge is 0.222 e. The van der Waals surface area contributed by atoms with Gasteiger partial charge in [0.2, 0.25) is 5.91 Å². The molecule has 5 unspecified atom stereocenters. The lowest BCUT2D eigenvalue weighted by molar-refractivity contribution is -0.135. The maximum absolute atomic E-state index is 13.1. The summed E-state index contributed by atoms with van der Waals surface area (Å²) in [4.78, 5) is 23.6. The lowest BCUT2D eigenvalue weighted by atomic mass is 9.79. The number of hydroxylamine groups is 1. The summed E-state index contributed by atoms with van der Waals surface area (Å²) in [6.07, 6.45) is 12.5. The Balaban J connectivity index is 1.21. The van der Waals surface area contributed by atoms with E-state index in [-0.39, 0.29) is 0 Å². The molecule has 178 valence electrons. The second-order valence-electron chi connectivity index (χ2n) is 10.3. The van der Waals surface area contributed by atoms with E-state index in [0.29, 0.717) is 36.1 Å². The Morgan fingerprint density at radius 3 is 2.71 bits per heavy atom. The van der Waals surface area contributed by atoms with Crippen molar-refractivity contribution in [3.05, 3.63) is 0 Å². The van der Waals surface area contributed by atoms with E-state index in [9.17, 15) is 4.79 Å². The van der Waals surface area contributed by atoms with Crippen LogP contribution in [0.3, 0.4) is 0 Å². The van der Waals surface area contributed by atoms with Gasteiger partial charge in [0, 0.05) is 38.6 Å². The van der Waals surface area contributed by atoms with Crippen molar-refractivity contribution in [2.24, 2.45) is 11.8 Å². The van der Waals surface area contributed by atoms with E-state index in [0.717, 1.165) is 77.9 Å². The molecule has 7 heteroatoms. The molecule has 4 aliphatic heterocycles. The largest absolute Gasteiger partial charge is 0.340 e. The number of nitrogens with zero attached hydrogens (tertiary/aromatic N) is 2. The topological polar surface area (TPSA) is 68.9 Å². The number of hydrogen-bond donors (Lipinski definition) is 3. The van der Waals surface area contributed by atoms with Crippen molar-refractivity contribution in [3.8, 4) is 0 Å². The van der Waals surface area contributed by atoms with E-state index in [1.807, 2.05) is 0 Å². The van der Waals surface area contributed by atoms with Crippen LogP contribution in [-0.2, 0) is 9.63 Å². The van der Waals surface area contributed by atoms with Crippen molar-refractivity contribution in [2.45, 2.75) is 89.4 Å². The van der Waals surface area contributed by atoms with Gasteiger partial charge in [-0.25, -0.2) is 0 Å². The molecule has 0 saturated carbocycles. The molecule has 0 radical (unpaired) electrons. The third-order valence-corrected chi connectivity index (χ3v) is 8.01. The van der Waals surface area contributed by atoms with Crippen molar-refractivity contribution in [3.63, 3.8) is 0 Å². The third-order valence-electron chi connectivity index (χ3n) is 8.01. The fourth-order valence-electron chi connectivity index (χ4n) is 6.03. The molecule has 4 saturated heterocycles. The van der Waals surface area contributed by atoms with Crippen LogP contribution in [0.5, 0.6) is 0 Å². The molecule has 1 amide bonds. The lowest BCUT2D eigenvalue weighted by Crippen LogP contribution is -2.57. The zero-order valence-corrected chi connectivity index (χ0v) is 19.6. The number of unbranched alkanes of at least 4 members (excludes halogenated alkanes) is 1. The molecule has 4 rings (SSSR count). The Hall–Kier alpha value is -0.730. The zero-order valence-electron chi connectivity index (χ0n) is 19.6. The number of hydrogen-bond acceptors (Lipinski definition) is 6. The van der Waals surface area contributed by atoms with Crippen molar-refractivity contribution in [2.75, 3.05) is 45.8 Å². The summed E-state index contributed by atoms with van der Waals surface area (Å²) < 4.78 is 0. The molecular weight excluding hydrogens is 390 g/mol. The van der Waals surface area contributed by atoms with E-state index in [4.69, 9.17) is 4.84 Å². The minimum Gasteiger partial charge on any atom is -0.340 e. The van der Waals surface area contributed by atoms with Gasteiger partial charge in [-0.3, -0.25) is 14.5 Å². The number of rotatable bonds is 8. The van der Waals surface area contributed by atoms with Gasteiger partial charge in [-0.05, 0) is 76.4 Å². The standard InChI is InChI=1S/C24H45N5O2/c1-2-3-6-22-17-21(27-31-22)15-20-18-25-10-8-19(20)16-24(30)29-13-11-28(12-14-29)23-7-4-5-9-26-23/h19-23,25-27H,2-18H2,1H3. The normalized spacial score (nSPS) is 35.4. The molecule has 0 aromatic heterocycles. The van der Waals surface area contributed by atoms with Crippen molar-refractivity contribution < 1.29 is 9.63 Å². The number of amides is 1. The quantitative estimate of drug-likeness (QED) is 0.542. The summed E-state index contributed by atoms with van der Waals surface area (Å²) in [5.74, 6) is 1.45. The van der Waals surface area contributed by atoms with E-state index in [2.05, 4.69) is 32.8 Å². The fraction of sp³-hybridized carbons (Fsp3) is 0.958. The molecule has 0 spiro atoms.